The molecule has 2 nitrogen and oxygen atoms in total. The molecule has 0 radical (unpaired) electrons. The molecule has 0 unspecified atom stereocenters. The molecule has 0 bridgehead atoms. The average molecular weight is 398 g/mol. The second-order valence-electron chi connectivity index (χ2n) is 3.48. The lowest BCUT2D eigenvalue weighted by atomic mass is 10.3. The lowest BCUT2D eigenvalue weighted by Gasteiger charge is -2.10. The molecule has 2 aromatic rings. The molecule has 94 valence electrons. The van der Waals surface area contributed by atoms with Gasteiger partial charge in [0.15, 0.2) is 5.75 Å². The third-order valence-corrected chi connectivity index (χ3v) is 3.52. The summed E-state index contributed by atoms with van der Waals surface area (Å²) in [7, 11) is 0. The minimum Gasteiger partial charge on any atom is -0.454 e. The van der Waals surface area contributed by atoms with E-state index in [0.29, 0.717) is 25.1 Å². The number of nitrogen functional groups attached to an aromatic ring is 1. The maximum atomic E-state index is 13.4. The van der Waals surface area contributed by atoms with Crippen LogP contribution in [0.3, 0.4) is 0 Å². The molecule has 0 saturated carbocycles. The Morgan fingerprint density at radius 3 is 2.50 bits per heavy atom. The summed E-state index contributed by atoms with van der Waals surface area (Å²) in [6.45, 7) is 0. The van der Waals surface area contributed by atoms with E-state index in [1.807, 2.05) is 22.6 Å². The lowest BCUT2D eigenvalue weighted by molar-refractivity contribution is 0.479. The molecule has 0 amide bonds. The van der Waals surface area contributed by atoms with Crippen molar-refractivity contribution in [2.45, 2.75) is 0 Å². The molecular formula is C12H7Cl2FINO. The highest BCUT2D eigenvalue weighted by atomic mass is 127. The first-order chi connectivity index (χ1) is 8.47. The van der Waals surface area contributed by atoms with E-state index in [1.165, 1.54) is 18.2 Å². The molecular weight excluding hydrogens is 391 g/mol. The zero-order valence-electron chi connectivity index (χ0n) is 8.88. The maximum absolute atomic E-state index is 13.4. The van der Waals surface area contributed by atoms with Crippen LogP contribution in [0.5, 0.6) is 11.5 Å². The Balaban J connectivity index is 2.37. The van der Waals surface area contributed by atoms with Crippen molar-refractivity contribution in [3.8, 4) is 11.5 Å². The normalized spacial score (nSPS) is 10.4. The smallest absolute Gasteiger partial charge is 0.153 e. The third-order valence-electron chi connectivity index (χ3n) is 2.17. The van der Waals surface area contributed by atoms with E-state index in [-0.39, 0.29) is 5.75 Å². The second kappa shape index (κ2) is 5.50. The van der Waals surface area contributed by atoms with Crippen molar-refractivity contribution in [3.63, 3.8) is 0 Å². The molecule has 0 saturated heterocycles. The molecule has 2 N–H and O–H groups in total. The number of rotatable bonds is 2. The van der Waals surface area contributed by atoms with E-state index in [9.17, 15) is 4.39 Å². The molecule has 0 aromatic heterocycles. The standard InChI is InChI=1S/C12H7Cl2FINO/c13-6-1-2-11(7(14)3-6)18-12-4-8(15)9(16)5-10(12)17/h1-5H,17H2. The van der Waals surface area contributed by atoms with Crippen LogP contribution in [-0.2, 0) is 0 Å². The Hall–Kier alpha value is -0.720. The fourth-order valence-corrected chi connectivity index (χ4v) is 2.25. The van der Waals surface area contributed by atoms with Crippen LogP contribution in [0.15, 0.2) is 30.3 Å². The SMILES string of the molecule is Nc1cc(I)c(F)cc1Oc1ccc(Cl)cc1Cl. The van der Waals surface area contributed by atoms with E-state index in [1.54, 1.807) is 12.1 Å². The Labute approximate surface area is 127 Å². The molecule has 2 rings (SSSR count). The summed E-state index contributed by atoms with van der Waals surface area (Å²) in [6.07, 6.45) is 0. The van der Waals surface area contributed by atoms with Crippen LogP contribution < -0.4 is 10.5 Å². The molecule has 0 aliphatic heterocycles. The first kappa shape index (κ1) is 13.7. The summed E-state index contributed by atoms with van der Waals surface area (Å²) < 4.78 is 19.3. The van der Waals surface area contributed by atoms with Gasteiger partial charge in [-0.1, -0.05) is 23.2 Å². The van der Waals surface area contributed by atoms with Crippen LogP contribution in [0.2, 0.25) is 10.0 Å². The molecule has 0 heterocycles. The average Bonchev–Trinajstić information content (AvgIpc) is 2.29. The Bertz CT molecular complexity index is 607. The van der Waals surface area contributed by atoms with Gasteiger partial charge in [-0.2, -0.15) is 0 Å². The van der Waals surface area contributed by atoms with Gasteiger partial charge >= 0.3 is 0 Å². The predicted molar refractivity (Wildman–Crippen MR) is 80.1 cm³/mol. The van der Waals surface area contributed by atoms with E-state index < -0.39 is 5.82 Å². The summed E-state index contributed by atoms with van der Waals surface area (Å²) in [5.41, 5.74) is 6.09. The number of halogens is 4. The van der Waals surface area contributed by atoms with Gasteiger partial charge in [-0.3, -0.25) is 0 Å². The quantitative estimate of drug-likeness (QED) is 0.564. The number of ether oxygens (including phenoxy) is 1. The van der Waals surface area contributed by atoms with Gasteiger partial charge in [0.1, 0.15) is 11.6 Å². The minimum atomic E-state index is -0.398. The molecule has 18 heavy (non-hydrogen) atoms. The highest BCUT2D eigenvalue weighted by molar-refractivity contribution is 14.1. The molecule has 0 aliphatic rings. The van der Waals surface area contributed by atoms with Crippen LogP contribution in [0, 0.1) is 9.39 Å². The van der Waals surface area contributed by atoms with Gasteiger partial charge in [-0.25, -0.2) is 4.39 Å². The number of anilines is 1. The zero-order valence-corrected chi connectivity index (χ0v) is 12.6. The summed E-state index contributed by atoms with van der Waals surface area (Å²) in [5, 5.41) is 0.829. The summed E-state index contributed by atoms with van der Waals surface area (Å²) in [5.74, 6) is 0.190. The number of nitrogens with two attached hydrogens (primary N) is 1. The second-order valence-corrected chi connectivity index (χ2v) is 5.49. The van der Waals surface area contributed by atoms with E-state index in [2.05, 4.69) is 0 Å². The van der Waals surface area contributed by atoms with Gasteiger partial charge in [0.05, 0.1) is 14.3 Å². The molecule has 0 fully saturated rings. The monoisotopic (exact) mass is 397 g/mol. The molecule has 6 heteroatoms. The fraction of sp³-hybridized carbons (Fsp3) is 0. The lowest BCUT2D eigenvalue weighted by Crippen LogP contribution is -1.95. The summed E-state index contributed by atoms with van der Waals surface area (Å²) >= 11 is 13.6. The van der Waals surface area contributed by atoms with Crippen molar-refractivity contribution in [3.05, 3.63) is 49.8 Å². The Morgan fingerprint density at radius 2 is 1.83 bits per heavy atom. The predicted octanol–water partition coefficient (Wildman–Crippen LogP) is 5.11. The maximum Gasteiger partial charge on any atom is 0.153 e. The van der Waals surface area contributed by atoms with E-state index in [4.69, 9.17) is 33.7 Å². The van der Waals surface area contributed by atoms with E-state index in [0.717, 1.165) is 0 Å². The van der Waals surface area contributed by atoms with Gasteiger partial charge in [0, 0.05) is 11.1 Å². The highest BCUT2D eigenvalue weighted by Crippen LogP contribution is 2.35. The first-order valence-electron chi connectivity index (χ1n) is 4.85. The van der Waals surface area contributed by atoms with Crippen molar-refractivity contribution in [1.82, 2.24) is 0 Å². The van der Waals surface area contributed by atoms with Crippen molar-refractivity contribution in [2.75, 3.05) is 5.73 Å². The van der Waals surface area contributed by atoms with Crippen molar-refractivity contribution in [2.24, 2.45) is 0 Å². The third kappa shape index (κ3) is 2.99. The van der Waals surface area contributed by atoms with Crippen LogP contribution in [0.4, 0.5) is 10.1 Å². The number of benzene rings is 2. The Kier molecular flexibility index (Phi) is 4.19. The largest absolute Gasteiger partial charge is 0.454 e. The topological polar surface area (TPSA) is 35.2 Å². The van der Waals surface area contributed by atoms with Gasteiger partial charge in [-0.15, -0.1) is 0 Å². The highest BCUT2D eigenvalue weighted by Gasteiger charge is 2.10. The number of hydrogen-bond donors (Lipinski definition) is 1. The molecule has 0 atom stereocenters. The van der Waals surface area contributed by atoms with Gasteiger partial charge in [0.2, 0.25) is 0 Å². The minimum absolute atomic E-state index is 0.220. The van der Waals surface area contributed by atoms with Gasteiger partial charge < -0.3 is 10.5 Å². The Morgan fingerprint density at radius 1 is 1.11 bits per heavy atom. The summed E-state index contributed by atoms with van der Waals surface area (Å²) in [6, 6.07) is 7.48. The van der Waals surface area contributed by atoms with Crippen LogP contribution in [0.25, 0.3) is 0 Å². The first-order valence-corrected chi connectivity index (χ1v) is 6.68. The van der Waals surface area contributed by atoms with Crippen LogP contribution in [-0.4, -0.2) is 0 Å². The molecule has 0 aliphatic carbocycles. The molecule has 2 aromatic carbocycles. The zero-order chi connectivity index (χ0) is 13.3. The van der Waals surface area contributed by atoms with E-state index >= 15 is 0 Å². The number of hydrogen-bond acceptors (Lipinski definition) is 2. The van der Waals surface area contributed by atoms with Crippen molar-refractivity contribution in [1.29, 1.82) is 0 Å². The van der Waals surface area contributed by atoms with Crippen LogP contribution >= 0.6 is 45.8 Å². The van der Waals surface area contributed by atoms with Crippen molar-refractivity contribution < 1.29 is 9.13 Å². The van der Waals surface area contributed by atoms with Gasteiger partial charge in [0.25, 0.3) is 0 Å². The summed E-state index contributed by atoms with van der Waals surface area (Å²) in [4.78, 5) is 0. The van der Waals surface area contributed by atoms with Crippen molar-refractivity contribution >= 4 is 51.5 Å². The van der Waals surface area contributed by atoms with Crippen LogP contribution in [0.1, 0.15) is 0 Å². The van der Waals surface area contributed by atoms with Gasteiger partial charge in [-0.05, 0) is 46.9 Å². The molecule has 0 spiro atoms. The fourth-order valence-electron chi connectivity index (χ4n) is 1.31.